The highest BCUT2D eigenvalue weighted by atomic mass is 16.5. The molecule has 3 aromatic carbocycles. The number of hydrogen-bond acceptors (Lipinski definition) is 3. The third kappa shape index (κ3) is 7.19. The van der Waals surface area contributed by atoms with Crippen molar-refractivity contribution in [2.45, 2.75) is 39.2 Å². The first kappa shape index (κ1) is 20.8. The monoisotopic (exact) mass is 389 g/mol. The molecule has 0 aliphatic heterocycles. The van der Waals surface area contributed by atoms with E-state index >= 15 is 0 Å². The van der Waals surface area contributed by atoms with Crippen LogP contribution >= 0.6 is 0 Å². The summed E-state index contributed by atoms with van der Waals surface area (Å²) in [7, 11) is 0. The van der Waals surface area contributed by atoms with Gasteiger partial charge in [-0.15, -0.1) is 0 Å². The number of para-hydroxylation sites is 1. The number of unbranched alkanes of at least 4 members (excludes halogenated alkanes) is 1. The van der Waals surface area contributed by atoms with Gasteiger partial charge >= 0.3 is 0 Å². The molecule has 0 aliphatic carbocycles. The molecule has 1 N–H and O–H groups in total. The molecule has 0 saturated heterocycles. The molecule has 0 amide bonds. The Bertz CT molecular complexity index is 831. The number of rotatable bonds is 12. The first-order chi connectivity index (χ1) is 14.3. The number of aryl methyl sites for hydroxylation is 1. The Balaban J connectivity index is 1.42. The van der Waals surface area contributed by atoms with Crippen molar-refractivity contribution in [2.24, 2.45) is 0 Å². The normalized spacial score (nSPS) is 10.5. The molecule has 0 unspecified atom stereocenters. The van der Waals surface area contributed by atoms with Crippen molar-refractivity contribution in [2.75, 3.05) is 18.5 Å². The Kier molecular flexibility index (Phi) is 8.46. The van der Waals surface area contributed by atoms with Crippen molar-refractivity contribution >= 4 is 5.69 Å². The largest absolute Gasteiger partial charge is 0.494 e. The minimum absolute atomic E-state index is 0.726. The minimum Gasteiger partial charge on any atom is -0.494 e. The summed E-state index contributed by atoms with van der Waals surface area (Å²) in [6.07, 6.45) is 4.27. The summed E-state index contributed by atoms with van der Waals surface area (Å²) < 4.78 is 11.8. The standard InChI is InChI=1S/C26H31NO2/c1-2-3-19-29-26-14-8-7-13-23(26)21-27-24-15-17-25(18-16-24)28-20-9-12-22-10-5-4-6-11-22/h4-8,10-11,13-18,27H,2-3,9,12,19-21H2,1H3. The van der Waals surface area contributed by atoms with Gasteiger partial charge in [-0.05, 0) is 55.2 Å². The highest BCUT2D eigenvalue weighted by Gasteiger charge is 2.03. The van der Waals surface area contributed by atoms with Gasteiger partial charge in [-0.1, -0.05) is 61.9 Å². The molecule has 3 rings (SSSR count). The maximum absolute atomic E-state index is 5.91. The maximum atomic E-state index is 5.91. The molecule has 0 radical (unpaired) electrons. The van der Waals surface area contributed by atoms with E-state index in [-0.39, 0.29) is 0 Å². The molecule has 3 aromatic rings. The molecule has 0 aromatic heterocycles. The first-order valence-electron chi connectivity index (χ1n) is 10.6. The molecule has 29 heavy (non-hydrogen) atoms. The van der Waals surface area contributed by atoms with Gasteiger partial charge in [0.1, 0.15) is 11.5 Å². The van der Waals surface area contributed by atoms with Gasteiger partial charge in [-0.2, -0.15) is 0 Å². The van der Waals surface area contributed by atoms with Gasteiger partial charge < -0.3 is 14.8 Å². The maximum Gasteiger partial charge on any atom is 0.124 e. The second kappa shape index (κ2) is 11.8. The molecule has 0 atom stereocenters. The zero-order valence-corrected chi connectivity index (χ0v) is 17.3. The van der Waals surface area contributed by atoms with E-state index in [1.165, 1.54) is 11.1 Å². The molecule has 0 fully saturated rings. The Morgan fingerprint density at radius 2 is 1.45 bits per heavy atom. The average molecular weight is 390 g/mol. The number of ether oxygens (including phenoxy) is 2. The summed E-state index contributed by atoms with van der Waals surface area (Å²) in [5.74, 6) is 1.87. The lowest BCUT2D eigenvalue weighted by Crippen LogP contribution is -2.04. The van der Waals surface area contributed by atoms with Crippen molar-refractivity contribution in [1.82, 2.24) is 0 Å². The molecule has 0 spiro atoms. The van der Waals surface area contributed by atoms with E-state index in [4.69, 9.17) is 9.47 Å². The summed E-state index contributed by atoms with van der Waals surface area (Å²) in [6.45, 7) is 4.40. The predicted molar refractivity (Wildman–Crippen MR) is 121 cm³/mol. The Hall–Kier alpha value is -2.94. The smallest absolute Gasteiger partial charge is 0.124 e. The van der Waals surface area contributed by atoms with Crippen LogP contribution in [0.15, 0.2) is 78.9 Å². The topological polar surface area (TPSA) is 30.5 Å². The molecular weight excluding hydrogens is 358 g/mol. The Morgan fingerprint density at radius 3 is 2.24 bits per heavy atom. The van der Waals surface area contributed by atoms with E-state index in [1.54, 1.807) is 0 Å². The number of anilines is 1. The predicted octanol–water partition coefficient (Wildman–Crippen LogP) is 6.49. The zero-order chi connectivity index (χ0) is 20.2. The van der Waals surface area contributed by atoms with E-state index in [1.807, 2.05) is 30.3 Å². The van der Waals surface area contributed by atoms with Gasteiger partial charge in [-0.3, -0.25) is 0 Å². The summed E-state index contributed by atoms with van der Waals surface area (Å²) in [5, 5.41) is 3.47. The Morgan fingerprint density at radius 1 is 0.724 bits per heavy atom. The quantitative estimate of drug-likeness (QED) is 0.359. The van der Waals surface area contributed by atoms with Crippen molar-refractivity contribution in [3.63, 3.8) is 0 Å². The summed E-state index contributed by atoms with van der Waals surface area (Å²) >= 11 is 0. The SMILES string of the molecule is CCCCOc1ccccc1CNc1ccc(OCCCc2ccccc2)cc1. The van der Waals surface area contributed by atoms with Gasteiger partial charge in [0, 0.05) is 17.8 Å². The summed E-state index contributed by atoms with van der Waals surface area (Å²) in [4.78, 5) is 0. The summed E-state index contributed by atoms with van der Waals surface area (Å²) in [6, 6.07) is 26.9. The first-order valence-corrected chi connectivity index (χ1v) is 10.6. The lowest BCUT2D eigenvalue weighted by Gasteiger charge is -2.13. The van der Waals surface area contributed by atoms with Crippen LogP contribution in [0.3, 0.4) is 0 Å². The van der Waals surface area contributed by atoms with Crippen molar-refractivity contribution < 1.29 is 9.47 Å². The molecule has 152 valence electrons. The van der Waals surface area contributed by atoms with Gasteiger partial charge in [0.15, 0.2) is 0 Å². The lowest BCUT2D eigenvalue weighted by molar-refractivity contribution is 0.306. The van der Waals surface area contributed by atoms with E-state index in [0.717, 1.165) is 62.6 Å². The van der Waals surface area contributed by atoms with Crippen molar-refractivity contribution in [1.29, 1.82) is 0 Å². The highest BCUT2D eigenvalue weighted by Crippen LogP contribution is 2.21. The molecule has 0 heterocycles. The van der Waals surface area contributed by atoms with Gasteiger partial charge in [-0.25, -0.2) is 0 Å². The van der Waals surface area contributed by atoms with Gasteiger partial charge in [0.25, 0.3) is 0 Å². The molecule has 0 aliphatic rings. The average Bonchev–Trinajstić information content (AvgIpc) is 2.78. The molecular formula is C26H31NO2. The van der Waals surface area contributed by atoms with Crippen LogP contribution in [0, 0.1) is 0 Å². The highest BCUT2D eigenvalue weighted by molar-refractivity contribution is 5.48. The van der Waals surface area contributed by atoms with Crippen LogP contribution in [0.2, 0.25) is 0 Å². The fourth-order valence-electron chi connectivity index (χ4n) is 3.09. The van der Waals surface area contributed by atoms with E-state index in [2.05, 4.69) is 60.8 Å². The fourth-order valence-corrected chi connectivity index (χ4v) is 3.09. The van der Waals surface area contributed by atoms with Crippen LogP contribution in [-0.4, -0.2) is 13.2 Å². The van der Waals surface area contributed by atoms with Crippen LogP contribution < -0.4 is 14.8 Å². The van der Waals surface area contributed by atoms with E-state index < -0.39 is 0 Å². The zero-order valence-electron chi connectivity index (χ0n) is 17.3. The second-order valence-corrected chi connectivity index (χ2v) is 7.13. The summed E-state index contributed by atoms with van der Waals surface area (Å²) in [5.41, 5.74) is 3.60. The van der Waals surface area contributed by atoms with Crippen molar-refractivity contribution in [3.8, 4) is 11.5 Å². The molecule has 0 bridgehead atoms. The van der Waals surface area contributed by atoms with Crippen LogP contribution in [0.25, 0.3) is 0 Å². The third-order valence-electron chi connectivity index (χ3n) is 4.79. The molecule has 0 saturated carbocycles. The number of hydrogen-bond donors (Lipinski definition) is 1. The van der Waals surface area contributed by atoms with Crippen LogP contribution in [-0.2, 0) is 13.0 Å². The van der Waals surface area contributed by atoms with Crippen molar-refractivity contribution in [3.05, 3.63) is 90.0 Å². The lowest BCUT2D eigenvalue weighted by atomic mass is 10.1. The number of nitrogens with one attached hydrogen (secondary N) is 1. The minimum atomic E-state index is 0.726. The number of benzene rings is 3. The van der Waals surface area contributed by atoms with Gasteiger partial charge in [0.2, 0.25) is 0 Å². The van der Waals surface area contributed by atoms with E-state index in [0.29, 0.717) is 0 Å². The van der Waals surface area contributed by atoms with Crippen LogP contribution in [0.5, 0.6) is 11.5 Å². The molecule has 3 nitrogen and oxygen atoms in total. The van der Waals surface area contributed by atoms with Gasteiger partial charge in [0.05, 0.1) is 13.2 Å². The fraction of sp³-hybridized carbons (Fsp3) is 0.308. The van der Waals surface area contributed by atoms with E-state index in [9.17, 15) is 0 Å². The second-order valence-electron chi connectivity index (χ2n) is 7.13. The van der Waals surface area contributed by atoms with Crippen LogP contribution in [0.4, 0.5) is 5.69 Å². The third-order valence-corrected chi connectivity index (χ3v) is 4.79. The van der Waals surface area contributed by atoms with Crippen LogP contribution in [0.1, 0.15) is 37.3 Å². The Labute approximate surface area is 174 Å². The molecule has 3 heteroatoms.